The standard InChI is InChI=1S/C27H31NO2/c1-26(2,23-9-6-7-19-14-16-30-25(19)23)18-27(29,21-11-12-21)17-20-13-15-28-24-10-5-3-4-8-22(20)24/h3-9,13,15,21,29H,10-12,14,16-18H2,1-2H3. The zero-order chi connectivity index (χ0) is 20.8. The van der Waals surface area contributed by atoms with Crippen LogP contribution in [0.25, 0.3) is 6.08 Å². The summed E-state index contributed by atoms with van der Waals surface area (Å²) in [5.74, 6) is 1.42. The molecule has 0 radical (unpaired) electrons. The Morgan fingerprint density at radius 3 is 2.87 bits per heavy atom. The number of nitrogens with zero attached hydrogens (tertiary/aromatic N) is 1. The van der Waals surface area contributed by atoms with Gasteiger partial charge in [0.1, 0.15) is 5.75 Å². The van der Waals surface area contributed by atoms with Crippen LogP contribution >= 0.6 is 0 Å². The molecule has 2 aliphatic carbocycles. The molecule has 1 fully saturated rings. The fraction of sp³-hybridized carbons (Fsp3) is 0.444. The van der Waals surface area contributed by atoms with Crippen LogP contribution in [0.5, 0.6) is 5.75 Å². The van der Waals surface area contributed by atoms with Gasteiger partial charge in [-0.3, -0.25) is 4.98 Å². The summed E-state index contributed by atoms with van der Waals surface area (Å²) in [6, 6.07) is 8.59. The predicted octanol–water partition coefficient (Wildman–Crippen LogP) is 5.19. The van der Waals surface area contributed by atoms with Gasteiger partial charge in [-0.15, -0.1) is 0 Å². The number of benzene rings is 1. The molecule has 1 N–H and O–H groups in total. The average Bonchev–Trinajstić information content (AvgIpc) is 3.50. The van der Waals surface area contributed by atoms with E-state index in [4.69, 9.17) is 4.74 Å². The van der Waals surface area contributed by atoms with Crippen LogP contribution in [0.15, 0.2) is 48.7 Å². The lowest BCUT2D eigenvalue weighted by Crippen LogP contribution is -2.41. The van der Waals surface area contributed by atoms with Crippen LogP contribution in [0.2, 0.25) is 0 Å². The predicted molar refractivity (Wildman–Crippen MR) is 121 cm³/mol. The van der Waals surface area contributed by atoms with Gasteiger partial charge in [0.05, 0.1) is 17.9 Å². The Morgan fingerprint density at radius 1 is 1.17 bits per heavy atom. The van der Waals surface area contributed by atoms with E-state index < -0.39 is 5.60 Å². The molecule has 1 aromatic heterocycles. The van der Waals surface area contributed by atoms with Crippen molar-refractivity contribution in [3.63, 3.8) is 0 Å². The third-order valence-electron chi connectivity index (χ3n) is 7.01. The highest BCUT2D eigenvalue weighted by Crippen LogP contribution is 2.50. The first kappa shape index (κ1) is 19.6. The van der Waals surface area contributed by atoms with Gasteiger partial charge in [-0.25, -0.2) is 0 Å². The molecule has 1 aromatic carbocycles. The van der Waals surface area contributed by atoms with Gasteiger partial charge in [0, 0.05) is 31.0 Å². The molecule has 3 heteroatoms. The molecule has 0 saturated heterocycles. The summed E-state index contributed by atoms with van der Waals surface area (Å²) in [5.41, 5.74) is 5.12. The van der Waals surface area contributed by atoms with Gasteiger partial charge in [-0.1, -0.05) is 56.4 Å². The summed E-state index contributed by atoms with van der Waals surface area (Å²) in [4.78, 5) is 4.59. The summed E-state index contributed by atoms with van der Waals surface area (Å²) in [6.45, 7) is 5.28. The van der Waals surface area contributed by atoms with Crippen LogP contribution < -0.4 is 4.74 Å². The van der Waals surface area contributed by atoms with Gasteiger partial charge in [-0.05, 0) is 53.4 Å². The first-order valence-corrected chi connectivity index (χ1v) is 11.2. The van der Waals surface area contributed by atoms with Crippen molar-refractivity contribution in [3.8, 4) is 5.75 Å². The normalized spacial score (nSPS) is 19.6. The van der Waals surface area contributed by atoms with E-state index in [0.717, 1.165) is 50.2 Å². The van der Waals surface area contributed by atoms with Crippen LogP contribution in [0.4, 0.5) is 0 Å². The molecule has 5 rings (SSSR count). The molecule has 2 aromatic rings. The Labute approximate surface area is 179 Å². The summed E-state index contributed by atoms with van der Waals surface area (Å²) in [7, 11) is 0. The molecule has 0 bridgehead atoms. The number of aliphatic hydroxyl groups is 1. The molecule has 156 valence electrons. The fourth-order valence-corrected chi connectivity index (χ4v) is 5.40. The van der Waals surface area contributed by atoms with Crippen molar-refractivity contribution < 1.29 is 9.84 Å². The molecular formula is C27H31NO2. The number of ether oxygens (including phenoxy) is 1. The minimum atomic E-state index is -0.729. The van der Waals surface area contributed by atoms with E-state index in [1.807, 2.05) is 6.20 Å². The van der Waals surface area contributed by atoms with Gasteiger partial charge < -0.3 is 9.84 Å². The van der Waals surface area contributed by atoms with Crippen molar-refractivity contribution in [2.75, 3.05) is 6.61 Å². The zero-order valence-electron chi connectivity index (χ0n) is 18.0. The molecular weight excluding hydrogens is 370 g/mol. The second kappa shape index (κ2) is 7.39. The van der Waals surface area contributed by atoms with E-state index in [-0.39, 0.29) is 5.41 Å². The fourth-order valence-electron chi connectivity index (χ4n) is 5.40. The maximum Gasteiger partial charge on any atom is 0.126 e. The molecule has 3 nitrogen and oxygen atoms in total. The van der Waals surface area contributed by atoms with Crippen molar-refractivity contribution in [1.29, 1.82) is 0 Å². The second-order valence-electron chi connectivity index (χ2n) is 9.83. The number of fused-ring (bicyclic) bond motifs is 2. The summed E-state index contributed by atoms with van der Waals surface area (Å²) >= 11 is 0. The van der Waals surface area contributed by atoms with Crippen molar-refractivity contribution in [1.82, 2.24) is 4.98 Å². The SMILES string of the molecule is CC(C)(CC(O)(Cc1ccnc2c1C=CC=CC2)C1CC1)c1cccc2c1OCC2. The Morgan fingerprint density at radius 2 is 2.03 bits per heavy atom. The molecule has 2 heterocycles. The minimum Gasteiger partial charge on any atom is -0.493 e. The summed E-state index contributed by atoms with van der Waals surface area (Å²) < 4.78 is 6.01. The third-order valence-corrected chi connectivity index (χ3v) is 7.01. The zero-order valence-corrected chi connectivity index (χ0v) is 18.0. The molecule has 1 aliphatic heterocycles. The molecule has 0 spiro atoms. The van der Waals surface area contributed by atoms with E-state index in [2.05, 4.69) is 67.4 Å². The van der Waals surface area contributed by atoms with Crippen LogP contribution in [-0.2, 0) is 24.7 Å². The van der Waals surface area contributed by atoms with Crippen molar-refractivity contribution in [2.24, 2.45) is 5.92 Å². The van der Waals surface area contributed by atoms with Gasteiger partial charge >= 0.3 is 0 Å². The number of aromatic nitrogens is 1. The topological polar surface area (TPSA) is 42.4 Å². The lowest BCUT2D eigenvalue weighted by atomic mass is 9.71. The maximum atomic E-state index is 12.0. The first-order valence-electron chi connectivity index (χ1n) is 11.2. The molecule has 3 aliphatic rings. The maximum absolute atomic E-state index is 12.0. The van der Waals surface area contributed by atoms with Crippen LogP contribution in [0, 0.1) is 5.92 Å². The van der Waals surface area contributed by atoms with Crippen LogP contribution in [-0.4, -0.2) is 22.3 Å². The van der Waals surface area contributed by atoms with E-state index in [1.165, 1.54) is 22.3 Å². The number of para-hydroxylation sites is 1. The van der Waals surface area contributed by atoms with Gasteiger partial charge in [0.15, 0.2) is 0 Å². The number of rotatable bonds is 6. The second-order valence-corrected chi connectivity index (χ2v) is 9.83. The minimum absolute atomic E-state index is 0.172. The Kier molecular flexibility index (Phi) is 4.82. The number of allylic oxidation sites excluding steroid dienone is 3. The lowest BCUT2D eigenvalue weighted by molar-refractivity contribution is -0.00830. The smallest absolute Gasteiger partial charge is 0.126 e. The molecule has 30 heavy (non-hydrogen) atoms. The molecule has 1 atom stereocenters. The monoisotopic (exact) mass is 401 g/mol. The Balaban J connectivity index is 1.47. The van der Waals surface area contributed by atoms with Crippen molar-refractivity contribution in [3.05, 3.63) is 76.6 Å². The highest BCUT2D eigenvalue weighted by atomic mass is 16.5. The number of pyridine rings is 1. The van der Waals surface area contributed by atoms with E-state index >= 15 is 0 Å². The van der Waals surface area contributed by atoms with Crippen molar-refractivity contribution in [2.45, 2.75) is 63.4 Å². The van der Waals surface area contributed by atoms with Gasteiger partial charge in [-0.2, -0.15) is 0 Å². The highest BCUT2D eigenvalue weighted by molar-refractivity contribution is 5.59. The third kappa shape index (κ3) is 3.60. The summed E-state index contributed by atoms with van der Waals surface area (Å²) in [6.07, 6.45) is 15.8. The van der Waals surface area contributed by atoms with Gasteiger partial charge in [0.25, 0.3) is 0 Å². The van der Waals surface area contributed by atoms with E-state index in [0.29, 0.717) is 12.3 Å². The largest absolute Gasteiger partial charge is 0.493 e. The quantitative estimate of drug-likeness (QED) is 0.724. The van der Waals surface area contributed by atoms with E-state index in [9.17, 15) is 5.11 Å². The molecule has 1 unspecified atom stereocenters. The number of hydrogen-bond donors (Lipinski definition) is 1. The Bertz CT molecular complexity index is 1020. The molecule has 0 amide bonds. The first-order chi connectivity index (χ1) is 14.5. The average molecular weight is 402 g/mol. The van der Waals surface area contributed by atoms with Gasteiger partial charge in [0.2, 0.25) is 0 Å². The van der Waals surface area contributed by atoms with Crippen LogP contribution in [0.3, 0.4) is 0 Å². The van der Waals surface area contributed by atoms with Crippen molar-refractivity contribution >= 4 is 6.08 Å². The highest BCUT2D eigenvalue weighted by Gasteiger charge is 2.48. The number of hydrogen-bond acceptors (Lipinski definition) is 3. The Hall–Kier alpha value is -2.39. The van der Waals surface area contributed by atoms with Crippen LogP contribution in [0.1, 0.15) is 61.1 Å². The van der Waals surface area contributed by atoms with E-state index in [1.54, 1.807) is 0 Å². The summed E-state index contributed by atoms with van der Waals surface area (Å²) in [5, 5.41) is 12.0. The molecule has 1 saturated carbocycles. The lowest BCUT2D eigenvalue weighted by Gasteiger charge is -2.38.